The van der Waals surface area contributed by atoms with E-state index in [1.807, 2.05) is 45.0 Å². The first-order valence-corrected chi connectivity index (χ1v) is 8.38. The van der Waals surface area contributed by atoms with Crippen molar-refractivity contribution in [2.24, 2.45) is 11.3 Å². The summed E-state index contributed by atoms with van der Waals surface area (Å²) in [5, 5.41) is 3.72. The van der Waals surface area contributed by atoms with Crippen molar-refractivity contribution in [2.75, 3.05) is 0 Å². The second-order valence-electron chi connectivity index (χ2n) is 5.66. The molecule has 3 atom stereocenters. The van der Waals surface area contributed by atoms with Crippen LogP contribution < -0.4 is 5.32 Å². The van der Waals surface area contributed by atoms with Gasteiger partial charge < -0.3 is 5.32 Å². The number of benzene rings is 1. The van der Waals surface area contributed by atoms with Crippen LogP contribution in [0.15, 0.2) is 24.3 Å². The third kappa shape index (κ3) is 2.67. The van der Waals surface area contributed by atoms with Gasteiger partial charge in [-0.15, -0.1) is 23.2 Å². The number of hydrogen-bond donors (Lipinski definition) is 1. The highest BCUT2D eigenvalue weighted by Gasteiger charge is 2.77. The number of halogens is 3. The fourth-order valence-electron chi connectivity index (χ4n) is 3.25. The Hall–Kier alpha value is -0.440. The van der Waals surface area contributed by atoms with Crippen molar-refractivity contribution >= 4 is 40.7 Å². The SMILES string of the molecule is CCC1C(Cl)(Cl)C1(CC)C(=O)NC(C)c1ccc(Cl)cc1. The Labute approximate surface area is 141 Å². The first-order valence-electron chi connectivity index (χ1n) is 7.25. The van der Waals surface area contributed by atoms with Crippen LogP contribution in [0.1, 0.15) is 45.2 Å². The number of hydrogen-bond acceptors (Lipinski definition) is 1. The lowest BCUT2D eigenvalue weighted by Gasteiger charge is -2.21. The van der Waals surface area contributed by atoms with Crippen molar-refractivity contribution < 1.29 is 4.79 Å². The maximum atomic E-state index is 12.7. The number of carbonyl (C=O) groups excluding carboxylic acids is 1. The van der Waals surface area contributed by atoms with Gasteiger partial charge in [-0.05, 0) is 37.5 Å². The van der Waals surface area contributed by atoms with E-state index < -0.39 is 9.75 Å². The molecule has 116 valence electrons. The Kier molecular flexibility index (Phi) is 4.82. The number of nitrogens with one attached hydrogen (secondary N) is 1. The molecule has 0 aromatic heterocycles. The summed E-state index contributed by atoms with van der Waals surface area (Å²) in [5.41, 5.74) is 0.327. The fraction of sp³-hybridized carbons (Fsp3) is 0.562. The number of rotatable bonds is 5. The van der Waals surface area contributed by atoms with Crippen LogP contribution in [0.4, 0.5) is 0 Å². The highest BCUT2D eigenvalue weighted by molar-refractivity contribution is 6.53. The van der Waals surface area contributed by atoms with Crippen LogP contribution in [-0.2, 0) is 4.79 Å². The van der Waals surface area contributed by atoms with E-state index in [9.17, 15) is 4.79 Å². The van der Waals surface area contributed by atoms with Crippen LogP contribution >= 0.6 is 34.8 Å². The molecule has 21 heavy (non-hydrogen) atoms. The molecule has 1 aliphatic carbocycles. The van der Waals surface area contributed by atoms with Gasteiger partial charge in [0.2, 0.25) is 5.91 Å². The van der Waals surface area contributed by atoms with Crippen LogP contribution in [0.2, 0.25) is 5.02 Å². The minimum Gasteiger partial charge on any atom is -0.349 e. The van der Waals surface area contributed by atoms with E-state index in [-0.39, 0.29) is 17.9 Å². The second kappa shape index (κ2) is 5.98. The minimum absolute atomic E-state index is 0.00995. The van der Waals surface area contributed by atoms with Crippen LogP contribution in [0.5, 0.6) is 0 Å². The minimum atomic E-state index is -0.958. The quantitative estimate of drug-likeness (QED) is 0.734. The van der Waals surface area contributed by atoms with Gasteiger partial charge in [0, 0.05) is 10.9 Å². The second-order valence-corrected chi connectivity index (χ2v) is 7.48. The molecule has 5 heteroatoms. The monoisotopic (exact) mass is 347 g/mol. The zero-order chi connectivity index (χ0) is 15.8. The van der Waals surface area contributed by atoms with Crippen LogP contribution in [0.3, 0.4) is 0 Å². The van der Waals surface area contributed by atoms with Crippen molar-refractivity contribution in [1.29, 1.82) is 0 Å². The number of amides is 1. The van der Waals surface area contributed by atoms with E-state index in [4.69, 9.17) is 34.8 Å². The van der Waals surface area contributed by atoms with Gasteiger partial charge >= 0.3 is 0 Å². The molecule has 0 radical (unpaired) electrons. The molecule has 1 aromatic carbocycles. The summed E-state index contributed by atoms with van der Waals surface area (Å²) in [6.45, 7) is 5.91. The highest BCUT2D eigenvalue weighted by Crippen LogP contribution is 2.72. The summed E-state index contributed by atoms with van der Waals surface area (Å²) < 4.78 is -0.958. The lowest BCUT2D eigenvalue weighted by molar-refractivity contribution is -0.127. The van der Waals surface area contributed by atoms with Crippen LogP contribution in [0.25, 0.3) is 0 Å². The Morgan fingerprint density at radius 1 is 1.29 bits per heavy atom. The van der Waals surface area contributed by atoms with Crippen molar-refractivity contribution in [1.82, 2.24) is 5.32 Å². The van der Waals surface area contributed by atoms with E-state index >= 15 is 0 Å². The Morgan fingerprint density at radius 2 is 1.86 bits per heavy atom. The summed E-state index contributed by atoms with van der Waals surface area (Å²) in [6.07, 6.45) is 1.43. The van der Waals surface area contributed by atoms with Gasteiger partial charge in [0.1, 0.15) is 4.33 Å². The van der Waals surface area contributed by atoms with Gasteiger partial charge in [0.15, 0.2) is 0 Å². The zero-order valence-corrected chi connectivity index (χ0v) is 14.7. The molecule has 0 heterocycles. The zero-order valence-electron chi connectivity index (χ0n) is 12.4. The molecule has 2 nitrogen and oxygen atoms in total. The summed E-state index contributed by atoms with van der Waals surface area (Å²) in [6, 6.07) is 7.33. The molecular formula is C16H20Cl3NO. The summed E-state index contributed by atoms with van der Waals surface area (Å²) in [5.74, 6) is -0.0555. The van der Waals surface area contributed by atoms with E-state index in [1.54, 1.807) is 0 Å². The molecule has 1 fully saturated rings. The van der Waals surface area contributed by atoms with Gasteiger partial charge in [0.25, 0.3) is 0 Å². The molecule has 0 spiro atoms. The molecule has 2 rings (SSSR count). The third-order valence-electron chi connectivity index (χ3n) is 4.63. The molecular weight excluding hydrogens is 329 g/mol. The van der Waals surface area contributed by atoms with Crippen molar-refractivity contribution in [2.45, 2.75) is 44.0 Å². The molecule has 0 aliphatic heterocycles. The lowest BCUT2D eigenvalue weighted by Crippen LogP contribution is -2.37. The maximum absolute atomic E-state index is 12.7. The number of carbonyl (C=O) groups is 1. The van der Waals surface area contributed by atoms with Gasteiger partial charge in [0.05, 0.1) is 11.5 Å². The molecule has 3 unspecified atom stereocenters. The third-order valence-corrected chi connectivity index (χ3v) is 6.09. The Morgan fingerprint density at radius 3 is 2.29 bits per heavy atom. The predicted molar refractivity (Wildman–Crippen MR) is 89.0 cm³/mol. The molecule has 1 aliphatic rings. The smallest absolute Gasteiger partial charge is 0.230 e. The van der Waals surface area contributed by atoms with Crippen LogP contribution in [0, 0.1) is 11.3 Å². The van der Waals surface area contributed by atoms with Crippen molar-refractivity contribution in [3.8, 4) is 0 Å². The molecule has 0 saturated heterocycles. The number of alkyl halides is 2. The van der Waals surface area contributed by atoms with Gasteiger partial charge in [-0.1, -0.05) is 37.6 Å². The topological polar surface area (TPSA) is 29.1 Å². The van der Waals surface area contributed by atoms with Gasteiger partial charge in [-0.2, -0.15) is 0 Å². The lowest BCUT2D eigenvalue weighted by atomic mass is 9.96. The first-order chi connectivity index (χ1) is 9.81. The van der Waals surface area contributed by atoms with Gasteiger partial charge in [-0.3, -0.25) is 4.79 Å². The normalized spacial score (nSPS) is 28.0. The molecule has 1 amide bonds. The van der Waals surface area contributed by atoms with Gasteiger partial charge in [-0.25, -0.2) is 0 Å². The van der Waals surface area contributed by atoms with Crippen molar-refractivity contribution in [3.05, 3.63) is 34.9 Å². The molecule has 1 aromatic rings. The summed E-state index contributed by atoms with van der Waals surface area (Å²) in [4.78, 5) is 12.7. The Bertz CT molecular complexity index is 529. The summed E-state index contributed by atoms with van der Waals surface area (Å²) in [7, 11) is 0. The van der Waals surface area contributed by atoms with E-state index in [0.29, 0.717) is 11.4 Å². The fourth-order valence-corrected chi connectivity index (χ4v) is 4.65. The predicted octanol–water partition coefficient (Wildman–Crippen LogP) is 5.13. The van der Waals surface area contributed by atoms with Crippen molar-refractivity contribution in [3.63, 3.8) is 0 Å². The summed E-state index contributed by atoms with van der Waals surface area (Å²) >= 11 is 18.6. The standard InChI is InChI=1S/C16H20Cl3NO/c1-4-13-15(5-2,16(13,18)19)14(21)20-10(3)11-6-8-12(17)9-7-11/h6-10,13H,4-5H2,1-3H3,(H,20,21). The van der Waals surface area contributed by atoms with E-state index in [2.05, 4.69) is 5.32 Å². The molecule has 0 bridgehead atoms. The first kappa shape index (κ1) is 16.9. The average molecular weight is 349 g/mol. The largest absolute Gasteiger partial charge is 0.349 e. The average Bonchev–Trinajstić information content (AvgIpc) is 2.95. The van der Waals surface area contributed by atoms with E-state index in [0.717, 1.165) is 12.0 Å². The van der Waals surface area contributed by atoms with Crippen LogP contribution in [-0.4, -0.2) is 10.2 Å². The molecule has 1 N–H and O–H groups in total. The highest BCUT2D eigenvalue weighted by atomic mass is 35.5. The maximum Gasteiger partial charge on any atom is 0.230 e. The van der Waals surface area contributed by atoms with E-state index in [1.165, 1.54) is 0 Å². The Balaban J connectivity index is 2.12. The molecule has 1 saturated carbocycles.